The Kier molecular flexibility index (Phi) is 38.1. The van der Waals surface area contributed by atoms with Crippen molar-refractivity contribution in [3.8, 4) is 0 Å². The van der Waals surface area contributed by atoms with E-state index < -0.39 is 0 Å². The van der Waals surface area contributed by atoms with Gasteiger partial charge >= 0.3 is 0 Å². The summed E-state index contributed by atoms with van der Waals surface area (Å²) in [6.45, 7) is 15.6. The van der Waals surface area contributed by atoms with Gasteiger partial charge in [0.05, 0.1) is 139 Å². The molecule has 0 rings (SSSR count). The van der Waals surface area contributed by atoms with Crippen LogP contribution in [-0.4, -0.2) is 159 Å². The number of likely N-dealkylation sites (N-methyl/N-ethyl adjacent to an activating group) is 1. The van der Waals surface area contributed by atoms with E-state index in [2.05, 4.69) is 12.2 Å². The quantitative estimate of drug-likeness (QED) is 0.107. The Bertz CT molecular complexity index is 401. The predicted molar refractivity (Wildman–Crippen MR) is 152 cm³/mol. The highest BCUT2D eigenvalue weighted by molar-refractivity contribution is 4.40. The molecule has 0 aromatic carbocycles. The molecule has 12 nitrogen and oxygen atoms in total. The van der Waals surface area contributed by atoms with E-state index in [1.165, 1.54) is 12.8 Å². The molecule has 40 heavy (non-hydrogen) atoms. The minimum atomic E-state index is 0.524. The van der Waals surface area contributed by atoms with Crippen molar-refractivity contribution >= 4 is 0 Å². The minimum Gasteiger partial charge on any atom is -0.379 e. The SMILES string of the molecule is CCCCCOCCOCCOCCOCCOCCOCCOCCOCCOCCOCCOCCNC. The van der Waals surface area contributed by atoms with Crippen LogP contribution in [0.1, 0.15) is 26.2 Å². The van der Waals surface area contributed by atoms with Crippen molar-refractivity contribution in [1.82, 2.24) is 5.32 Å². The fourth-order valence-electron chi connectivity index (χ4n) is 2.93. The summed E-state index contributed by atoms with van der Waals surface area (Å²) >= 11 is 0. The van der Waals surface area contributed by atoms with Gasteiger partial charge in [-0.15, -0.1) is 0 Å². The van der Waals surface area contributed by atoms with Gasteiger partial charge in [-0.1, -0.05) is 19.8 Å². The minimum absolute atomic E-state index is 0.524. The molecule has 0 radical (unpaired) electrons. The molecule has 242 valence electrons. The van der Waals surface area contributed by atoms with Crippen LogP contribution in [0.4, 0.5) is 0 Å². The predicted octanol–water partition coefficient (Wildman–Crippen LogP) is 1.58. The van der Waals surface area contributed by atoms with E-state index in [1.54, 1.807) is 0 Å². The van der Waals surface area contributed by atoms with Crippen LogP contribution in [0.5, 0.6) is 0 Å². The molecule has 0 spiro atoms. The van der Waals surface area contributed by atoms with Gasteiger partial charge in [-0.3, -0.25) is 0 Å². The van der Waals surface area contributed by atoms with Crippen molar-refractivity contribution in [2.45, 2.75) is 26.2 Å². The van der Waals surface area contributed by atoms with Gasteiger partial charge in [-0.05, 0) is 13.5 Å². The summed E-state index contributed by atoms with van der Waals surface area (Å²) in [6, 6.07) is 0. The van der Waals surface area contributed by atoms with Crippen molar-refractivity contribution in [3.05, 3.63) is 0 Å². The smallest absolute Gasteiger partial charge is 0.0701 e. The highest BCUT2D eigenvalue weighted by Crippen LogP contribution is 1.94. The monoisotopic (exact) mass is 585 g/mol. The van der Waals surface area contributed by atoms with Gasteiger partial charge in [0, 0.05) is 13.2 Å². The van der Waals surface area contributed by atoms with Crippen LogP contribution in [0.25, 0.3) is 0 Å². The molecule has 0 heterocycles. The Morgan fingerprint density at radius 1 is 0.300 bits per heavy atom. The average molecular weight is 586 g/mol. The lowest BCUT2D eigenvalue weighted by Crippen LogP contribution is -2.17. The third-order valence-corrected chi connectivity index (χ3v) is 5.11. The maximum atomic E-state index is 5.48. The number of rotatable bonds is 37. The molecular weight excluding hydrogens is 526 g/mol. The Hall–Kier alpha value is -0.480. The number of hydrogen-bond donors (Lipinski definition) is 1. The lowest BCUT2D eigenvalue weighted by Gasteiger charge is -2.09. The topological polar surface area (TPSA) is 114 Å². The summed E-state index contributed by atoms with van der Waals surface area (Å²) in [5.74, 6) is 0. The zero-order valence-electron chi connectivity index (χ0n) is 25.4. The van der Waals surface area contributed by atoms with Crippen LogP contribution < -0.4 is 5.32 Å². The van der Waals surface area contributed by atoms with E-state index in [0.717, 1.165) is 19.6 Å². The van der Waals surface area contributed by atoms with E-state index in [-0.39, 0.29) is 0 Å². The second kappa shape index (κ2) is 38.5. The van der Waals surface area contributed by atoms with E-state index >= 15 is 0 Å². The Balaban J connectivity index is 3.01. The van der Waals surface area contributed by atoms with Crippen molar-refractivity contribution in [1.29, 1.82) is 0 Å². The van der Waals surface area contributed by atoms with Crippen molar-refractivity contribution in [2.75, 3.05) is 159 Å². The molecule has 0 saturated heterocycles. The fourth-order valence-corrected chi connectivity index (χ4v) is 2.93. The van der Waals surface area contributed by atoms with Gasteiger partial charge in [0.2, 0.25) is 0 Å². The van der Waals surface area contributed by atoms with Crippen LogP contribution in [0.3, 0.4) is 0 Å². The lowest BCUT2D eigenvalue weighted by atomic mass is 10.3. The highest BCUT2D eigenvalue weighted by Gasteiger charge is 1.96. The fraction of sp³-hybridized carbons (Fsp3) is 1.00. The van der Waals surface area contributed by atoms with Gasteiger partial charge in [0.15, 0.2) is 0 Å². The van der Waals surface area contributed by atoms with Crippen LogP contribution in [0.15, 0.2) is 0 Å². The van der Waals surface area contributed by atoms with E-state index in [9.17, 15) is 0 Å². The molecule has 0 amide bonds. The molecule has 0 aliphatic rings. The largest absolute Gasteiger partial charge is 0.379 e. The second-order valence-corrected chi connectivity index (χ2v) is 8.55. The first-order chi connectivity index (χ1) is 19.9. The zero-order chi connectivity index (χ0) is 28.9. The molecular formula is C28H59NO11. The van der Waals surface area contributed by atoms with Gasteiger partial charge in [0.1, 0.15) is 0 Å². The first-order valence-electron chi connectivity index (χ1n) is 14.9. The third kappa shape index (κ3) is 37.5. The lowest BCUT2D eigenvalue weighted by molar-refractivity contribution is -0.0274. The van der Waals surface area contributed by atoms with Gasteiger partial charge in [-0.25, -0.2) is 0 Å². The molecule has 0 aliphatic heterocycles. The van der Waals surface area contributed by atoms with E-state index in [0.29, 0.717) is 139 Å². The molecule has 1 N–H and O–H groups in total. The molecule has 0 aromatic heterocycles. The zero-order valence-corrected chi connectivity index (χ0v) is 25.4. The Morgan fingerprint density at radius 3 is 0.750 bits per heavy atom. The molecule has 12 heteroatoms. The van der Waals surface area contributed by atoms with Gasteiger partial charge < -0.3 is 57.4 Å². The average Bonchev–Trinajstić information content (AvgIpc) is 2.97. The molecule has 0 aliphatic carbocycles. The summed E-state index contributed by atoms with van der Waals surface area (Å²) in [7, 11) is 1.90. The van der Waals surface area contributed by atoms with Crippen LogP contribution in [-0.2, 0) is 52.1 Å². The number of ether oxygens (including phenoxy) is 11. The Labute approximate surface area is 242 Å². The first-order valence-corrected chi connectivity index (χ1v) is 14.9. The van der Waals surface area contributed by atoms with E-state index in [1.807, 2.05) is 7.05 Å². The maximum absolute atomic E-state index is 5.48. The Morgan fingerprint density at radius 2 is 0.525 bits per heavy atom. The first kappa shape index (κ1) is 39.5. The number of unbranched alkanes of at least 4 members (excludes halogenated alkanes) is 2. The maximum Gasteiger partial charge on any atom is 0.0701 e. The summed E-state index contributed by atoms with van der Waals surface area (Å²) in [6.07, 6.45) is 3.55. The highest BCUT2D eigenvalue weighted by atomic mass is 16.6. The summed E-state index contributed by atoms with van der Waals surface area (Å²) in [5.41, 5.74) is 0. The van der Waals surface area contributed by atoms with Gasteiger partial charge in [-0.2, -0.15) is 0 Å². The summed E-state index contributed by atoms with van der Waals surface area (Å²) < 4.78 is 59.9. The third-order valence-electron chi connectivity index (χ3n) is 5.11. The van der Waals surface area contributed by atoms with Crippen molar-refractivity contribution in [3.63, 3.8) is 0 Å². The molecule has 0 bridgehead atoms. The normalized spacial score (nSPS) is 11.6. The van der Waals surface area contributed by atoms with Crippen LogP contribution in [0.2, 0.25) is 0 Å². The molecule has 0 atom stereocenters. The second-order valence-electron chi connectivity index (χ2n) is 8.55. The van der Waals surface area contributed by atoms with Crippen molar-refractivity contribution < 1.29 is 52.1 Å². The molecule has 0 fully saturated rings. The molecule has 0 saturated carbocycles. The van der Waals surface area contributed by atoms with Crippen LogP contribution >= 0.6 is 0 Å². The van der Waals surface area contributed by atoms with Crippen molar-refractivity contribution in [2.24, 2.45) is 0 Å². The van der Waals surface area contributed by atoms with Gasteiger partial charge in [0.25, 0.3) is 0 Å². The number of hydrogen-bond acceptors (Lipinski definition) is 12. The summed E-state index contributed by atoms with van der Waals surface area (Å²) in [4.78, 5) is 0. The van der Waals surface area contributed by atoms with E-state index in [4.69, 9.17) is 52.1 Å². The summed E-state index contributed by atoms with van der Waals surface area (Å²) in [5, 5.41) is 3.02. The number of nitrogens with one attached hydrogen (secondary N) is 1. The van der Waals surface area contributed by atoms with Crippen LogP contribution in [0, 0.1) is 0 Å². The molecule has 0 aromatic rings. The molecule has 0 unspecified atom stereocenters. The standard InChI is InChI=1S/C28H59NO11/c1-3-4-5-7-30-9-11-32-13-15-34-17-19-36-21-23-38-25-27-40-28-26-39-24-22-37-20-18-35-16-14-33-12-10-31-8-6-29-2/h29H,3-28H2,1-2H3.